The highest BCUT2D eigenvalue weighted by molar-refractivity contribution is 7.18. The maximum absolute atomic E-state index is 12.1. The molecule has 1 aliphatic rings. The largest absolute Gasteiger partial charge is 0.393 e. The van der Waals surface area contributed by atoms with E-state index in [2.05, 4.69) is 0 Å². The van der Waals surface area contributed by atoms with Gasteiger partial charge in [-0.1, -0.05) is 23.7 Å². The Morgan fingerprint density at radius 3 is 2.67 bits per heavy atom. The molecule has 0 spiro atoms. The fourth-order valence-corrected chi connectivity index (χ4v) is 4.01. The van der Waals surface area contributed by atoms with Crippen LogP contribution in [0.15, 0.2) is 36.4 Å². The summed E-state index contributed by atoms with van der Waals surface area (Å²) < 4.78 is 5.74. The Morgan fingerprint density at radius 2 is 2.00 bits per heavy atom. The van der Waals surface area contributed by atoms with E-state index >= 15 is 0 Å². The number of morpholine rings is 1. The van der Waals surface area contributed by atoms with Gasteiger partial charge in [0, 0.05) is 18.7 Å². The summed E-state index contributed by atoms with van der Waals surface area (Å²) in [6.45, 7) is 1.25. The Hall–Kier alpha value is -1.73. The third-order valence-electron chi connectivity index (χ3n) is 4.55. The average Bonchev–Trinajstić information content (AvgIpc) is 3.12. The van der Waals surface area contributed by atoms with E-state index in [-0.39, 0.29) is 18.3 Å². The zero-order valence-corrected chi connectivity index (χ0v) is 16.5. The molecule has 1 aliphatic heterocycles. The molecule has 2 heterocycles. The molecule has 0 aliphatic carbocycles. The number of amides is 1. The Labute approximate surface area is 167 Å². The molecule has 0 unspecified atom stereocenters. The van der Waals surface area contributed by atoms with Crippen LogP contribution in [0, 0.1) is 0 Å². The van der Waals surface area contributed by atoms with Crippen LogP contribution in [0.4, 0.5) is 5.69 Å². The second kappa shape index (κ2) is 9.46. The van der Waals surface area contributed by atoms with E-state index in [0.717, 1.165) is 17.7 Å². The summed E-state index contributed by atoms with van der Waals surface area (Å²) in [7, 11) is 0. The summed E-state index contributed by atoms with van der Waals surface area (Å²) >= 11 is 7.11. The van der Waals surface area contributed by atoms with Crippen molar-refractivity contribution in [3.8, 4) is 0 Å². The minimum atomic E-state index is -0.523. The van der Waals surface area contributed by atoms with Crippen LogP contribution < -0.4 is 4.90 Å². The molecule has 7 heteroatoms. The molecule has 0 radical (unpaired) electrons. The third kappa shape index (κ3) is 5.62. The van der Waals surface area contributed by atoms with Crippen LogP contribution in [-0.2, 0) is 16.0 Å². The predicted octanol–water partition coefficient (Wildman–Crippen LogP) is 3.72. The van der Waals surface area contributed by atoms with E-state index in [9.17, 15) is 14.7 Å². The van der Waals surface area contributed by atoms with Crippen LogP contribution in [0.1, 0.15) is 34.5 Å². The number of thiophene rings is 1. The van der Waals surface area contributed by atoms with Gasteiger partial charge in [0.1, 0.15) is 6.61 Å². The van der Waals surface area contributed by atoms with E-state index in [4.69, 9.17) is 16.3 Å². The molecule has 1 saturated heterocycles. The van der Waals surface area contributed by atoms with E-state index < -0.39 is 6.10 Å². The van der Waals surface area contributed by atoms with Crippen molar-refractivity contribution in [2.45, 2.75) is 31.8 Å². The summed E-state index contributed by atoms with van der Waals surface area (Å²) in [5.41, 5.74) is 1.96. The van der Waals surface area contributed by atoms with E-state index in [1.807, 2.05) is 24.3 Å². The summed E-state index contributed by atoms with van der Waals surface area (Å²) in [5, 5.41) is 10.2. The van der Waals surface area contributed by atoms with Crippen molar-refractivity contribution in [3.63, 3.8) is 0 Å². The normalized spacial score (nSPS) is 15.8. The van der Waals surface area contributed by atoms with Gasteiger partial charge < -0.3 is 14.7 Å². The predicted molar refractivity (Wildman–Crippen MR) is 107 cm³/mol. The monoisotopic (exact) mass is 407 g/mol. The molecule has 5 nitrogen and oxygen atoms in total. The number of rotatable bonds is 8. The number of ketones is 1. The van der Waals surface area contributed by atoms with Crippen molar-refractivity contribution in [2.75, 3.05) is 24.7 Å². The Morgan fingerprint density at radius 1 is 1.22 bits per heavy atom. The van der Waals surface area contributed by atoms with Crippen LogP contribution in [0.5, 0.6) is 0 Å². The van der Waals surface area contributed by atoms with Gasteiger partial charge in [-0.15, -0.1) is 11.3 Å². The second-order valence-corrected chi connectivity index (χ2v) is 8.24. The maximum atomic E-state index is 12.1. The minimum Gasteiger partial charge on any atom is -0.393 e. The van der Waals surface area contributed by atoms with Gasteiger partial charge in [-0.3, -0.25) is 9.59 Å². The van der Waals surface area contributed by atoms with Gasteiger partial charge in [-0.05, 0) is 49.1 Å². The number of aliphatic hydroxyl groups excluding tert-OH is 1. The number of ether oxygens (including phenoxy) is 1. The summed E-state index contributed by atoms with van der Waals surface area (Å²) in [6.07, 6.45) is 1.54. The van der Waals surface area contributed by atoms with Gasteiger partial charge in [0.2, 0.25) is 0 Å². The number of hydrogen-bond donors (Lipinski definition) is 1. The fourth-order valence-electron chi connectivity index (χ4n) is 3.00. The summed E-state index contributed by atoms with van der Waals surface area (Å²) in [6, 6.07) is 11.2. The number of hydrogen-bond acceptors (Lipinski definition) is 5. The number of aryl methyl sites for hydroxylation is 1. The SMILES string of the molecule is O=C(CC[C@H](O)CCc1ccc(N2CCOCC2=O)cc1)c1ccc(Cl)s1. The first-order chi connectivity index (χ1) is 13.0. The second-order valence-electron chi connectivity index (χ2n) is 6.52. The lowest BCUT2D eigenvalue weighted by Crippen LogP contribution is -2.41. The molecule has 1 aromatic carbocycles. The molecular weight excluding hydrogens is 386 g/mol. The van der Waals surface area contributed by atoms with Crippen LogP contribution in [0.3, 0.4) is 0 Å². The van der Waals surface area contributed by atoms with Gasteiger partial charge in [0.15, 0.2) is 5.78 Å². The molecule has 3 rings (SSSR count). The van der Waals surface area contributed by atoms with Gasteiger partial charge >= 0.3 is 0 Å². The molecular formula is C20H22ClNO4S. The van der Waals surface area contributed by atoms with Crippen molar-refractivity contribution in [3.05, 3.63) is 51.2 Å². The Bertz CT molecular complexity index is 790. The highest BCUT2D eigenvalue weighted by Crippen LogP contribution is 2.23. The van der Waals surface area contributed by atoms with Crippen LogP contribution in [0.2, 0.25) is 4.34 Å². The Balaban J connectivity index is 1.44. The lowest BCUT2D eigenvalue weighted by Gasteiger charge is -2.27. The molecule has 2 aromatic rings. The summed E-state index contributed by atoms with van der Waals surface area (Å²) in [5.74, 6) is -0.00778. The average molecular weight is 408 g/mol. The van der Waals surface area contributed by atoms with Crippen molar-refractivity contribution in [1.82, 2.24) is 0 Å². The molecule has 1 N–H and O–H groups in total. The van der Waals surface area contributed by atoms with Crippen molar-refractivity contribution in [1.29, 1.82) is 0 Å². The zero-order chi connectivity index (χ0) is 19.2. The van der Waals surface area contributed by atoms with Crippen molar-refractivity contribution < 1.29 is 19.4 Å². The first-order valence-corrected chi connectivity index (χ1v) is 10.2. The van der Waals surface area contributed by atoms with Crippen molar-refractivity contribution in [2.24, 2.45) is 0 Å². The Kier molecular flexibility index (Phi) is 7.01. The number of carbonyl (C=O) groups excluding carboxylic acids is 2. The molecule has 1 fully saturated rings. The van der Waals surface area contributed by atoms with Gasteiger partial charge in [0.05, 0.1) is 21.9 Å². The zero-order valence-electron chi connectivity index (χ0n) is 14.9. The molecule has 1 atom stereocenters. The molecule has 27 heavy (non-hydrogen) atoms. The quantitative estimate of drug-likeness (QED) is 0.677. The standard InChI is InChI=1S/C20H22ClNO4S/c21-19-10-9-18(27-19)17(24)8-7-16(23)6-3-14-1-4-15(5-2-14)22-11-12-26-13-20(22)25/h1-2,4-5,9-10,16,23H,3,6-8,11-13H2/t16-/m1/s1. The van der Waals surface area contributed by atoms with E-state index in [1.54, 1.807) is 17.0 Å². The smallest absolute Gasteiger partial charge is 0.253 e. The van der Waals surface area contributed by atoms with Crippen LogP contribution >= 0.6 is 22.9 Å². The van der Waals surface area contributed by atoms with E-state index in [0.29, 0.717) is 41.6 Å². The minimum absolute atomic E-state index is 0.0190. The van der Waals surface area contributed by atoms with Gasteiger partial charge in [-0.25, -0.2) is 0 Å². The number of anilines is 1. The molecule has 0 bridgehead atoms. The maximum Gasteiger partial charge on any atom is 0.253 e. The van der Waals surface area contributed by atoms with Crippen LogP contribution in [-0.4, -0.2) is 42.7 Å². The molecule has 1 amide bonds. The number of aliphatic hydroxyl groups is 1. The number of Topliss-reactive ketones (excluding diaryl/α,β-unsaturated/α-hetero) is 1. The highest BCUT2D eigenvalue weighted by Gasteiger charge is 2.20. The molecule has 144 valence electrons. The number of nitrogens with zero attached hydrogens (tertiary/aromatic N) is 1. The van der Waals surface area contributed by atoms with Crippen molar-refractivity contribution >= 4 is 40.3 Å². The third-order valence-corrected chi connectivity index (χ3v) is 5.82. The first-order valence-electron chi connectivity index (χ1n) is 8.96. The van der Waals surface area contributed by atoms with Gasteiger partial charge in [0.25, 0.3) is 5.91 Å². The fraction of sp³-hybridized carbons (Fsp3) is 0.400. The number of benzene rings is 1. The highest BCUT2D eigenvalue weighted by atomic mass is 35.5. The molecule has 1 aromatic heterocycles. The molecule has 0 saturated carbocycles. The lowest BCUT2D eigenvalue weighted by molar-refractivity contribution is -0.125. The van der Waals surface area contributed by atoms with E-state index in [1.165, 1.54) is 11.3 Å². The first kappa shape index (κ1) is 20.0. The summed E-state index contributed by atoms with van der Waals surface area (Å²) in [4.78, 5) is 26.3. The number of carbonyl (C=O) groups is 2. The lowest BCUT2D eigenvalue weighted by atomic mass is 10.0. The van der Waals surface area contributed by atoms with Crippen LogP contribution in [0.25, 0.3) is 0 Å². The number of halogens is 1. The topological polar surface area (TPSA) is 66.8 Å². The van der Waals surface area contributed by atoms with Gasteiger partial charge in [-0.2, -0.15) is 0 Å².